The molecule has 0 aromatic heterocycles. The molecule has 1 aromatic rings. The number of carbonyl (C=O) groups excluding carboxylic acids is 9. The number of benzene rings is 1. The van der Waals surface area contributed by atoms with Crippen LogP contribution >= 0.6 is 0 Å². The van der Waals surface area contributed by atoms with Crippen molar-refractivity contribution in [2.45, 2.75) is 304 Å². The number of nitrogens with two attached hydrogens (primary N) is 1. The minimum Gasteiger partial charge on any atom is -0.461 e. The number of esters is 1. The molecule has 25 heteroatoms. The number of ketones is 3. The number of nitrogens with one attached hydrogen (secondary N) is 2. The average molecular weight is 1370 g/mol. The molecule has 25 nitrogen and oxygen atoms in total. The number of carbonyl (C=O) groups is 9. The zero-order valence-corrected chi connectivity index (χ0v) is 57.3. The van der Waals surface area contributed by atoms with Gasteiger partial charge in [0.1, 0.15) is 48.7 Å². The third-order valence-electron chi connectivity index (χ3n) is 22.0. The van der Waals surface area contributed by atoms with Gasteiger partial charge in [-0.25, -0.2) is 9.59 Å². The van der Waals surface area contributed by atoms with E-state index in [1.165, 1.54) is 0 Å². The van der Waals surface area contributed by atoms with Crippen molar-refractivity contribution < 1.29 is 100 Å². The first kappa shape index (κ1) is 73.4. The lowest BCUT2D eigenvalue weighted by Crippen LogP contribution is -2.61. The Morgan fingerprint density at radius 1 is 0.724 bits per heavy atom. The van der Waals surface area contributed by atoms with Gasteiger partial charge in [-0.15, -0.1) is 5.06 Å². The van der Waals surface area contributed by atoms with E-state index in [4.69, 9.17) is 57.9 Å². The maximum Gasteiger partial charge on any atom is 0.333 e. The van der Waals surface area contributed by atoms with E-state index in [-0.39, 0.29) is 180 Å². The Morgan fingerprint density at radius 3 is 2.18 bits per heavy atom. The highest BCUT2D eigenvalue weighted by Gasteiger charge is 2.69. The van der Waals surface area contributed by atoms with Crippen LogP contribution in [0.25, 0.3) is 0 Å². The molecule has 0 radical (unpaired) electrons. The number of aliphatic hydroxyl groups excluding tert-OH is 1. The van der Waals surface area contributed by atoms with Crippen molar-refractivity contribution >= 4 is 53.0 Å². The summed E-state index contributed by atoms with van der Waals surface area (Å²) in [5.74, 6) is -5.36. The summed E-state index contributed by atoms with van der Waals surface area (Å²) in [6, 6.07) is 5.25. The number of nitrogens with zero attached hydrogens (tertiary/aromatic N) is 1. The zero-order chi connectivity index (χ0) is 69.5. The smallest absolute Gasteiger partial charge is 0.333 e. The molecule has 6 unspecified atom stereocenters. The molecule has 11 aliphatic heterocycles. The van der Waals surface area contributed by atoms with E-state index in [0.29, 0.717) is 74.0 Å². The van der Waals surface area contributed by atoms with Crippen LogP contribution in [-0.4, -0.2) is 186 Å². The molecule has 21 atom stereocenters. The molecule has 5 N–H and O–H groups in total. The van der Waals surface area contributed by atoms with Crippen LogP contribution in [0.4, 0.5) is 4.79 Å². The molecule has 98 heavy (non-hydrogen) atoms. The van der Waals surface area contributed by atoms with Crippen LogP contribution in [0.3, 0.4) is 0 Å². The maximum absolute atomic E-state index is 14.6. The van der Waals surface area contributed by atoms with Gasteiger partial charge in [-0.1, -0.05) is 64.6 Å². The number of aliphatic hydroxyl groups is 1. The third kappa shape index (κ3) is 18.1. The minimum absolute atomic E-state index is 0.00451. The number of ether oxygens (including phenoxy) is 10. The van der Waals surface area contributed by atoms with Crippen LogP contribution in [0.1, 0.15) is 192 Å². The number of methoxy groups -OCH3 is 1. The van der Waals surface area contributed by atoms with E-state index >= 15 is 0 Å². The van der Waals surface area contributed by atoms with Gasteiger partial charge in [0.15, 0.2) is 11.6 Å². The average Bonchev–Trinajstić information content (AvgIpc) is 1.55. The second kappa shape index (κ2) is 32.8. The monoisotopic (exact) mass is 1370 g/mol. The number of primary amides is 1. The number of amides is 5. The van der Waals surface area contributed by atoms with E-state index < -0.39 is 96.0 Å². The number of fused-ring (bicyclic) bond motifs is 6. The standard InChI is InChI=1S/C73H102N4O21/c1-39(2)51(33-45(78)11-8-7-9-13-64(85)98-77-61(82)23-24-62(77)83)71(86)76-53(12-10-28-75-72(74)87)54(81)31-43-14-16-44(17-15-43)38-89-63(84)25-18-46(79)35-59-65(88-6)52-34-47(80)32-49-20-22-56-66(92-49)70-69-68(94-56)67-60(95-69)37-73(96-67,97-70)27-26-50-30-41(4)55(90-50)21-19-48-29-40(3)42(5)57(91-48)36-58(52)93-59/h14-17,39-40,46,48-53,55-60,65-70,79H,4-5,7-13,18-38H2,1-3,6H3,(H,76,86)(H3,74,75,87)/t40-,46-,48?,49?,50?,51+,52+,53+,55+,56+,57-,58+,59?,60?,65-,66+,67?,68+,69-,70+,73+/m1/s1. The fraction of sp³-hybridized carbons (Fsp3) is 0.740. The number of Topliss-reactive ketones (excluding diaryl/α,β-unsaturated/α-hetero) is 3. The van der Waals surface area contributed by atoms with Crippen LogP contribution in [0.5, 0.6) is 0 Å². The summed E-state index contributed by atoms with van der Waals surface area (Å²) in [4.78, 5) is 121. The van der Waals surface area contributed by atoms with Gasteiger partial charge in [-0.2, -0.15) is 0 Å². The molecule has 11 aliphatic rings. The number of rotatable bonds is 27. The topological polar surface area (TPSA) is 329 Å². The third-order valence-corrected chi connectivity index (χ3v) is 22.0. The van der Waals surface area contributed by atoms with Crippen molar-refractivity contribution in [3.8, 4) is 0 Å². The van der Waals surface area contributed by atoms with Gasteiger partial charge in [0.25, 0.3) is 11.8 Å². The Morgan fingerprint density at radius 2 is 1.43 bits per heavy atom. The highest BCUT2D eigenvalue weighted by atomic mass is 16.8. The van der Waals surface area contributed by atoms with Crippen molar-refractivity contribution in [3.63, 3.8) is 0 Å². The fourth-order valence-electron chi connectivity index (χ4n) is 16.6. The van der Waals surface area contributed by atoms with Crippen molar-refractivity contribution in [2.24, 2.45) is 29.4 Å². The summed E-state index contributed by atoms with van der Waals surface area (Å²) >= 11 is 0. The van der Waals surface area contributed by atoms with Crippen molar-refractivity contribution in [1.29, 1.82) is 0 Å². The van der Waals surface area contributed by atoms with Crippen LogP contribution in [0, 0.1) is 23.7 Å². The van der Waals surface area contributed by atoms with Gasteiger partial charge in [-0.3, -0.25) is 33.6 Å². The molecule has 540 valence electrons. The van der Waals surface area contributed by atoms with Crippen molar-refractivity contribution in [1.82, 2.24) is 15.7 Å². The molecule has 1 spiro atoms. The normalized spacial score (nSPS) is 34.6. The molecule has 11 heterocycles. The van der Waals surface area contributed by atoms with E-state index in [2.05, 4.69) is 30.7 Å². The molecule has 1 aromatic carbocycles. The second-order valence-electron chi connectivity index (χ2n) is 29.5. The highest BCUT2D eigenvalue weighted by molar-refractivity contribution is 6.01. The summed E-state index contributed by atoms with van der Waals surface area (Å²) in [6.45, 7) is 14.9. The molecule has 12 bridgehead atoms. The summed E-state index contributed by atoms with van der Waals surface area (Å²) in [5, 5.41) is 17.5. The molecule has 11 saturated heterocycles. The van der Waals surface area contributed by atoms with Crippen LogP contribution in [0.2, 0.25) is 0 Å². The van der Waals surface area contributed by atoms with Gasteiger partial charge in [-0.05, 0) is 111 Å². The summed E-state index contributed by atoms with van der Waals surface area (Å²) < 4.78 is 66.6. The van der Waals surface area contributed by atoms with Crippen molar-refractivity contribution in [3.05, 3.63) is 59.7 Å². The quantitative estimate of drug-likeness (QED) is 0.0303. The Hall–Kier alpha value is -5.87. The number of hydrogen-bond donors (Lipinski definition) is 4. The number of imide groups is 1. The summed E-state index contributed by atoms with van der Waals surface area (Å²) in [5.41, 5.74) is 8.61. The molecule has 0 saturated carbocycles. The van der Waals surface area contributed by atoms with Gasteiger partial charge in [0.05, 0.1) is 73.2 Å². The molecule has 11 fully saturated rings. The lowest BCUT2D eigenvalue weighted by molar-refractivity contribution is -0.292. The second-order valence-corrected chi connectivity index (χ2v) is 29.5. The lowest BCUT2D eigenvalue weighted by atomic mass is 9.81. The minimum atomic E-state index is -0.988. The molecule has 0 aliphatic carbocycles. The van der Waals surface area contributed by atoms with E-state index in [1.54, 1.807) is 31.4 Å². The van der Waals surface area contributed by atoms with Gasteiger partial charge in [0, 0.05) is 109 Å². The number of urea groups is 1. The Labute approximate surface area is 573 Å². The maximum atomic E-state index is 14.6. The van der Waals surface area contributed by atoms with Gasteiger partial charge in [0.2, 0.25) is 5.91 Å². The largest absolute Gasteiger partial charge is 0.461 e. The van der Waals surface area contributed by atoms with Gasteiger partial charge >= 0.3 is 18.0 Å². The van der Waals surface area contributed by atoms with Crippen LogP contribution < -0.4 is 16.4 Å². The molecule has 5 amide bonds. The predicted octanol–water partition coefficient (Wildman–Crippen LogP) is 6.84. The van der Waals surface area contributed by atoms with E-state index in [0.717, 1.165) is 43.3 Å². The zero-order valence-electron chi connectivity index (χ0n) is 57.3. The summed E-state index contributed by atoms with van der Waals surface area (Å²) in [7, 11) is 1.60. The SMILES string of the molecule is C=C1CC2CC[C@@]34CC5O[C@H]6[C@@H](O3)[C@H]3OC(CC[C@@H]3O[C@H]6C5O4)CC(=O)C[C@H]3[C@H](C[C@H]4OC(CC[C@@H]1O2)C[C@@H](C)C4=C)OC(C[C@H](O)CCC(=O)OCc1ccc(CC(=O)[C@H](CCCNC(N)=O)NC(=O)[C@@H](CC(=O)CCCCCC(=O)ON2C(=O)CCC2=O)C(C)C)cc1)[C@@H]3OC. The van der Waals surface area contributed by atoms with Crippen LogP contribution in [0.15, 0.2) is 48.6 Å². The van der Waals surface area contributed by atoms with E-state index in [1.807, 2.05) is 13.8 Å². The summed E-state index contributed by atoms with van der Waals surface area (Å²) in [6.07, 6.45) is 3.46. The van der Waals surface area contributed by atoms with E-state index in [9.17, 15) is 48.3 Å². The Balaban J connectivity index is 0.664. The van der Waals surface area contributed by atoms with Gasteiger partial charge < -0.3 is 73.7 Å². The highest BCUT2D eigenvalue weighted by Crippen LogP contribution is 2.55. The first-order valence-corrected chi connectivity index (χ1v) is 36.0. The number of hydroxylamine groups is 2. The molecule has 12 rings (SSSR count). The first-order chi connectivity index (χ1) is 47.0. The number of hydrogen-bond acceptors (Lipinski definition) is 21. The molecular weight excluding hydrogens is 1270 g/mol. The van der Waals surface area contributed by atoms with Crippen LogP contribution in [-0.2, 0) is 104 Å². The fourth-order valence-corrected chi connectivity index (χ4v) is 16.6. The first-order valence-electron chi connectivity index (χ1n) is 36.0. The van der Waals surface area contributed by atoms with Crippen molar-refractivity contribution in [2.75, 3.05) is 13.7 Å². The Kier molecular flexibility index (Phi) is 24.6. The molecular formula is C73H102N4O21. The predicted molar refractivity (Wildman–Crippen MR) is 348 cm³/mol. The lowest BCUT2D eigenvalue weighted by Gasteiger charge is -2.47. The number of unbranched alkanes of at least 4 members (excludes halogenated alkanes) is 2. The Bertz CT molecular complexity index is 3070.